The van der Waals surface area contributed by atoms with E-state index in [1.54, 1.807) is 0 Å². The first-order valence-corrected chi connectivity index (χ1v) is 8.25. The van der Waals surface area contributed by atoms with E-state index < -0.39 is 0 Å². The molecule has 1 aromatic carbocycles. The molecule has 1 aromatic heterocycles. The van der Waals surface area contributed by atoms with Gasteiger partial charge in [0.15, 0.2) is 0 Å². The summed E-state index contributed by atoms with van der Waals surface area (Å²) in [7, 11) is 0. The highest BCUT2D eigenvalue weighted by Gasteiger charge is 2.44. The molecule has 1 N–H and O–H groups in total. The summed E-state index contributed by atoms with van der Waals surface area (Å²) in [4.78, 5) is 25.8. The lowest BCUT2D eigenvalue weighted by Crippen LogP contribution is -2.46. The van der Waals surface area contributed by atoms with Gasteiger partial charge in [0.2, 0.25) is 0 Å². The van der Waals surface area contributed by atoms with Crippen molar-refractivity contribution in [1.82, 2.24) is 15.1 Å². The number of H-pyrrole nitrogens is 1. The molecule has 24 heavy (non-hydrogen) atoms. The lowest BCUT2D eigenvalue weighted by Gasteiger charge is -2.39. The summed E-state index contributed by atoms with van der Waals surface area (Å²) in [5.74, 6) is 0.0190. The molecule has 4 rings (SSSR count). The average molecular weight is 327 g/mol. The largest absolute Gasteiger partial charge is 0.331 e. The van der Waals surface area contributed by atoms with Crippen molar-refractivity contribution in [3.63, 3.8) is 0 Å². The Balaban J connectivity index is 1.54. The Morgan fingerprint density at radius 1 is 1.08 bits per heavy atom. The minimum Gasteiger partial charge on any atom is -0.331 e. The minimum atomic E-state index is -0.315. The van der Waals surface area contributed by atoms with Crippen molar-refractivity contribution >= 4 is 5.91 Å². The van der Waals surface area contributed by atoms with Crippen LogP contribution in [-0.2, 0) is 0 Å². The number of aromatic amines is 1. The molecule has 2 saturated heterocycles. The second-order valence-electron chi connectivity index (χ2n) is 6.62. The van der Waals surface area contributed by atoms with E-state index in [2.05, 4.69) is 10.2 Å². The summed E-state index contributed by atoms with van der Waals surface area (Å²) < 4.78 is 13.1. The van der Waals surface area contributed by atoms with Gasteiger partial charge in [-0.3, -0.25) is 9.59 Å². The second-order valence-corrected chi connectivity index (χ2v) is 6.62. The van der Waals surface area contributed by atoms with Crippen molar-refractivity contribution in [3.05, 3.63) is 63.8 Å². The molecule has 2 fully saturated rings. The Hall–Kier alpha value is -2.50. The van der Waals surface area contributed by atoms with Gasteiger partial charge in [-0.15, -0.1) is 0 Å². The molecule has 1 amide bonds. The lowest BCUT2D eigenvalue weighted by atomic mass is 9.85. The summed E-state index contributed by atoms with van der Waals surface area (Å²) in [6.07, 6.45) is 3.74. The third-order valence-electron chi connectivity index (χ3n) is 5.21. The van der Waals surface area contributed by atoms with Crippen LogP contribution < -0.4 is 5.56 Å². The number of carbonyl (C=O) groups is 1. The van der Waals surface area contributed by atoms with Crippen molar-refractivity contribution in [2.24, 2.45) is 0 Å². The zero-order valence-electron chi connectivity index (χ0n) is 13.1. The maximum atomic E-state index is 13.1. The number of rotatable bonds is 2. The fourth-order valence-corrected chi connectivity index (χ4v) is 4.11. The molecular weight excluding hydrogens is 309 g/mol. The number of fused-ring (bicyclic) bond motifs is 2. The smallest absolute Gasteiger partial charge is 0.274 e. The Bertz CT molecular complexity index is 783. The van der Waals surface area contributed by atoms with Crippen LogP contribution in [0.3, 0.4) is 0 Å². The third kappa shape index (κ3) is 2.62. The van der Waals surface area contributed by atoms with Crippen LogP contribution in [0.1, 0.15) is 47.7 Å². The van der Waals surface area contributed by atoms with Crippen LogP contribution in [0.25, 0.3) is 0 Å². The van der Waals surface area contributed by atoms with Crippen molar-refractivity contribution in [1.29, 1.82) is 0 Å². The van der Waals surface area contributed by atoms with Gasteiger partial charge in [-0.2, -0.15) is 5.10 Å². The summed E-state index contributed by atoms with van der Waals surface area (Å²) in [5.41, 5.74) is 1.11. The number of piperidine rings is 1. The van der Waals surface area contributed by atoms with Gasteiger partial charge in [0, 0.05) is 18.2 Å². The van der Waals surface area contributed by atoms with E-state index >= 15 is 0 Å². The molecule has 2 aliphatic rings. The number of benzene rings is 1. The number of halogens is 1. The van der Waals surface area contributed by atoms with Crippen LogP contribution in [0.4, 0.5) is 4.39 Å². The number of nitrogens with zero attached hydrogens (tertiary/aromatic N) is 2. The Labute approximate surface area is 138 Å². The molecule has 2 aromatic rings. The molecular formula is C18H18FN3O2. The number of amides is 1. The minimum absolute atomic E-state index is 0.115. The molecule has 2 atom stereocenters. The molecule has 0 aliphatic carbocycles. The first kappa shape index (κ1) is 15.1. The molecule has 0 saturated carbocycles. The van der Waals surface area contributed by atoms with Gasteiger partial charge in [-0.05, 0) is 55.4 Å². The van der Waals surface area contributed by atoms with Crippen LogP contribution in [0, 0.1) is 5.82 Å². The first-order chi connectivity index (χ1) is 11.6. The van der Waals surface area contributed by atoms with Crippen molar-refractivity contribution < 1.29 is 9.18 Å². The zero-order valence-corrected chi connectivity index (χ0v) is 13.1. The number of hydrogen-bond acceptors (Lipinski definition) is 3. The monoisotopic (exact) mass is 327 g/mol. The topological polar surface area (TPSA) is 66.1 Å². The molecule has 5 nitrogen and oxygen atoms in total. The first-order valence-electron chi connectivity index (χ1n) is 8.25. The van der Waals surface area contributed by atoms with E-state index in [4.69, 9.17) is 0 Å². The van der Waals surface area contributed by atoms with Crippen LogP contribution in [-0.4, -0.2) is 33.1 Å². The zero-order chi connectivity index (χ0) is 16.7. The molecule has 6 heteroatoms. The quantitative estimate of drug-likeness (QED) is 0.921. The van der Waals surface area contributed by atoms with Gasteiger partial charge in [0.05, 0.1) is 0 Å². The van der Waals surface area contributed by atoms with E-state index in [0.29, 0.717) is 5.92 Å². The van der Waals surface area contributed by atoms with E-state index in [1.807, 2.05) is 17.0 Å². The number of carbonyl (C=O) groups excluding carboxylic acids is 1. The number of aromatic nitrogens is 2. The standard InChI is InChI=1S/C18H18FN3O2/c19-13-3-1-11(2-4-13)12-9-14-5-6-15(10-12)22(14)18(24)16-7-8-17(23)21-20-16/h1-4,7-8,12,14-15H,5-6,9-10H2,(H,21,23). The summed E-state index contributed by atoms with van der Waals surface area (Å²) in [5, 5.41) is 6.19. The fourth-order valence-electron chi connectivity index (χ4n) is 4.11. The highest BCUT2D eigenvalue weighted by Crippen LogP contribution is 2.43. The fraction of sp³-hybridized carbons (Fsp3) is 0.389. The van der Waals surface area contributed by atoms with Crippen molar-refractivity contribution in [2.45, 2.75) is 43.7 Å². The number of hydrogen-bond donors (Lipinski definition) is 1. The van der Waals surface area contributed by atoms with Gasteiger partial charge >= 0.3 is 0 Å². The van der Waals surface area contributed by atoms with E-state index in [9.17, 15) is 14.0 Å². The molecule has 124 valence electrons. The normalized spacial score (nSPS) is 25.7. The molecule has 0 radical (unpaired) electrons. The third-order valence-corrected chi connectivity index (χ3v) is 5.21. The van der Waals surface area contributed by atoms with Crippen LogP contribution >= 0.6 is 0 Å². The maximum Gasteiger partial charge on any atom is 0.274 e. The summed E-state index contributed by atoms with van der Waals surface area (Å²) >= 11 is 0. The molecule has 2 bridgehead atoms. The van der Waals surface area contributed by atoms with Gasteiger partial charge in [0.1, 0.15) is 11.5 Å². The highest BCUT2D eigenvalue weighted by molar-refractivity contribution is 5.92. The molecule has 2 aliphatic heterocycles. The van der Waals surface area contributed by atoms with Gasteiger partial charge in [-0.1, -0.05) is 12.1 Å². The maximum absolute atomic E-state index is 13.1. The predicted octanol–water partition coefficient (Wildman–Crippen LogP) is 2.46. The molecule has 3 heterocycles. The van der Waals surface area contributed by atoms with Gasteiger partial charge < -0.3 is 4.90 Å². The van der Waals surface area contributed by atoms with E-state index in [0.717, 1.165) is 31.2 Å². The van der Waals surface area contributed by atoms with Crippen LogP contribution in [0.5, 0.6) is 0 Å². The summed E-state index contributed by atoms with van der Waals surface area (Å²) in [6, 6.07) is 9.86. The van der Waals surface area contributed by atoms with E-state index in [1.165, 1.54) is 24.3 Å². The van der Waals surface area contributed by atoms with Gasteiger partial charge in [-0.25, -0.2) is 9.49 Å². The second kappa shape index (κ2) is 5.85. The van der Waals surface area contributed by atoms with Crippen molar-refractivity contribution in [2.75, 3.05) is 0 Å². The van der Waals surface area contributed by atoms with E-state index in [-0.39, 0.29) is 35.1 Å². The predicted molar refractivity (Wildman–Crippen MR) is 86.2 cm³/mol. The van der Waals surface area contributed by atoms with Crippen molar-refractivity contribution in [3.8, 4) is 0 Å². The Morgan fingerprint density at radius 2 is 1.75 bits per heavy atom. The Kier molecular flexibility index (Phi) is 3.67. The van der Waals surface area contributed by atoms with Crippen LogP contribution in [0.2, 0.25) is 0 Å². The summed E-state index contributed by atoms with van der Waals surface area (Å²) in [6.45, 7) is 0. The lowest BCUT2D eigenvalue weighted by molar-refractivity contribution is 0.0564. The highest BCUT2D eigenvalue weighted by atomic mass is 19.1. The average Bonchev–Trinajstić information content (AvgIpc) is 2.85. The molecule has 2 unspecified atom stereocenters. The molecule has 0 spiro atoms. The Morgan fingerprint density at radius 3 is 2.33 bits per heavy atom. The van der Waals surface area contributed by atoms with Gasteiger partial charge in [0.25, 0.3) is 11.5 Å². The number of nitrogens with one attached hydrogen (secondary N) is 1. The van der Waals surface area contributed by atoms with Crippen LogP contribution in [0.15, 0.2) is 41.2 Å². The SMILES string of the molecule is O=C(c1ccc(=O)[nH]n1)N1C2CCC1CC(c1ccc(F)cc1)C2.